The van der Waals surface area contributed by atoms with Crippen LogP contribution in [0.4, 0.5) is 0 Å². The van der Waals surface area contributed by atoms with Gasteiger partial charge in [0.25, 0.3) is 0 Å². The molecule has 1 aliphatic rings. The molecule has 0 fully saturated rings. The topological polar surface area (TPSA) is 12.4 Å². The van der Waals surface area contributed by atoms with Crippen molar-refractivity contribution in [2.75, 3.05) is 6.54 Å². The van der Waals surface area contributed by atoms with E-state index in [0.29, 0.717) is 5.41 Å². The fourth-order valence-electron chi connectivity index (χ4n) is 1.26. The van der Waals surface area contributed by atoms with E-state index in [9.17, 15) is 0 Å². The Morgan fingerprint density at radius 1 is 1.50 bits per heavy atom. The van der Waals surface area contributed by atoms with E-state index < -0.39 is 0 Å². The van der Waals surface area contributed by atoms with Crippen molar-refractivity contribution in [3.63, 3.8) is 0 Å². The molecule has 0 N–H and O–H groups in total. The second-order valence-corrected chi connectivity index (χ2v) is 3.90. The highest BCUT2D eigenvalue weighted by atomic mass is 14.8. The average molecular weight is 139 g/mol. The summed E-state index contributed by atoms with van der Waals surface area (Å²) in [6, 6.07) is 0. The van der Waals surface area contributed by atoms with Crippen LogP contribution in [-0.2, 0) is 0 Å². The minimum atomic E-state index is 0.471. The lowest BCUT2D eigenvalue weighted by atomic mass is 9.84. The van der Waals surface area contributed by atoms with E-state index in [0.717, 1.165) is 13.0 Å². The standard InChI is InChI=1S/C9H17N/c1-4-8-5-6-9(2,3)7-10-8/h4-7H2,1-3H3. The molecular formula is C9H17N. The van der Waals surface area contributed by atoms with E-state index in [1.165, 1.54) is 18.6 Å². The molecule has 1 heteroatoms. The molecule has 0 unspecified atom stereocenters. The number of rotatable bonds is 1. The van der Waals surface area contributed by atoms with Crippen molar-refractivity contribution in [3.8, 4) is 0 Å². The molecule has 0 amide bonds. The van der Waals surface area contributed by atoms with Crippen LogP contribution in [0.25, 0.3) is 0 Å². The molecule has 0 spiro atoms. The summed E-state index contributed by atoms with van der Waals surface area (Å²) in [6.45, 7) is 7.82. The second-order valence-electron chi connectivity index (χ2n) is 3.90. The molecule has 0 atom stereocenters. The Kier molecular flexibility index (Phi) is 2.12. The summed E-state index contributed by atoms with van der Waals surface area (Å²) in [6.07, 6.45) is 3.69. The fraction of sp³-hybridized carbons (Fsp3) is 0.889. The van der Waals surface area contributed by atoms with Gasteiger partial charge in [0.05, 0.1) is 0 Å². The van der Waals surface area contributed by atoms with Gasteiger partial charge in [-0.15, -0.1) is 0 Å². The Morgan fingerprint density at radius 2 is 2.20 bits per heavy atom. The van der Waals surface area contributed by atoms with E-state index >= 15 is 0 Å². The van der Waals surface area contributed by atoms with Crippen LogP contribution in [0.3, 0.4) is 0 Å². The van der Waals surface area contributed by atoms with Gasteiger partial charge in [0.15, 0.2) is 0 Å². The van der Waals surface area contributed by atoms with Crippen molar-refractivity contribution in [2.24, 2.45) is 10.4 Å². The van der Waals surface area contributed by atoms with Gasteiger partial charge in [0.1, 0.15) is 0 Å². The molecule has 1 nitrogen and oxygen atoms in total. The molecule has 0 aliphatic carbocycles. The van der Waals surface area contributed by atoms with E-state index in [2.05, 4.69) is 25.8 Å². The smallest absolute Gasteiger partial charge is 0.0439 e. The summed E-state index contributed by atoms with van der Waals surface area (Å²) in [5.74, 6) is 0. The first-order valence-corrected chi connectivity index (χ1v) is 4.16. The molecule has 0 bridgehead atoms. The number of hydrogen-bond donors (Lipinski definition) is 0. The van der Waals surface area contributed by atoms with Crippen molar-refractivity contribution in [3.05, 3.63) is 0 Å². The highest BCUT2D eigenvalue weighted by molar-refractivity contribution is 5.84. The molecule has 1 aliphatic heterocycles. The molecule has 10 heavy (non-hydrogen) atoms. The molecule has 58 valence electrons. The normalized spacial score (nSPS) is 24.1. The Balaban J connectivity index is 2.52. The number of aliphatic imine (C=N–C) groups is 1. The van der Waals surface area contributed by atoms with Gasteiger partial charge in [-0.1, -0.05) is 20.8 Å². The SMILES string of the molecule is CCC1=NCC(C)(C)CC1. The fourth-order valence-corrected chi connectivity index (χ4v) is 1.26. The van der Waals surface area contributed by atoms with Gasteiger partial charge in [-0.2, -0.15) is 0 Å². The molecule has 0 aromatic heterocycles. The summed E-state index contributed by atoms with van der Waals surface area (Å²) in [5, 5.41) is 0. The summed E-state index contributed by atoms with van der Waals surface area (Å²) in [7, 11) is 0. The predicted molar refractivity (Wildman–Crippen MR) is 45.6 cm³/mol. The van der Waals surface area contributed by atoms with E-state index in [-0.39, 0.29) is 0 Å². The van der Waals surface area contributed by atoms with Crippen LogP contribution in [0.5, 0.6) is 0 Å². The molecule has 1 heterocycles. The Labute approximate surface area is 63.5 Å². The second kappa shape index (κ2) is 2.73. The maximum absolute atomic E-state index is 4.52. The van der Waals surface area contributed by atoms with Crippen molar-refractivity contribution >= 4 is 5.71 Å². The van der Waals surface area contributed by atoms with Crippen molar-refractivity contribution in [2.45, 2.75) is 40.0 Å². The lowest BCUT2D eigenvalue weighted by Crippen LogP contribution is -2.22. The van der Waals surface area contributed by atoms with Gasteiger partial charge in [-0.25, -0.2) is 0 Å². The van der Waals surface area contributed by atoms with Crippen molar-refractivity contribution < 1.29 is 0 Å². The largest absolute Gasteiger partial charge is 0.294 e. The minimum Gasteiger partial charge on any atom is -0.294 e. The van der Waals surface area contributed by atoms with Gasteiger partial charge in [-0.3, -0.25) is 4.99 Å². The van der Waals surface area contributed by atoms with Gasteiger partial charge >= 0.3 is 0 Å². The molecule has 0 radical (unpaired) electrons. The van der Waals surface area contributed by atoms with Crippen LogP contribution in [0, 0.1) is 5.41 Å². The zero-order valence-corrected chi connectivity index (χ0v) is 7.28. The quantitative estimate of drug-likeness (QED) is 0.529. The van der Waals surface area contributed by atoms with E-state index in [1.807, 2.05) is 0 Å². The lowest BCUT2D eigenvalue weighted by Gasteiger charge is -2.27. The van der Waals surface area contributed by atoms with Gasteiger partial charge in [0.2, 0.25) is 0 Å². The van der Waals surface area contributed by atoms with Crippen LogP contribution in [0.1, 0.15) is 40.0 Å². The molecular weight excluding hydrogens is 122 g/mol. The maximum atomic E-state index is 4.52. The van der Waals surface area contributed by atoms with Crippen molar-refractivity contribution in [1.82, 2.24) is 0 Å². The Morgan fingerprint density at radius 3 is 2.60 bits per heavy atom. The number of hydrogen-bond acceptors (Lipinski definition) is 1. The Bertz CT molecular complexity index is 145. The maximum Gasteiger partial charge on any atom is 0.0439 e. The molecule has 0 saturated carbocycles. The summed E-state index contributed by atoms with van der Waals surface area (Å²) >= 11 is 0. The minimum absolute atomic E-state index is 0.471. The third-order valence-electron chi connectivity index (χ3n) is 2.23. The van der Waals surface area contributed by atoms with Crippen LogP contribution in [0.15, 0.2) is 4.99 Å². The molecule has 0 saturated heterocycles. The van der Waals surface area contributed by atoms with Crippen LogP contribution >= 0.6 is 0 Å². The first kappa shape index (κ1) is 7.77. The Hall–Kier alpha value is -0.330. The van der Waals surface area contributed by atoms with Gasteiger partial charge in [-0.05, 0) is 24.7 Å². The summed E-state index contributed by atoms with van der Waals surface area (Å²) in [5.41, 5.74) is 1.89. The monoisotopic (exact) mass is 139 g/mol. The predicted octanol–water partition coefficient (Wildman–Crippen LogP) is 2.66. The van der Waals surface area contributed by atoms with Crippen LogP contribution in [0.2, 0.25) is 0 Å². The third-order valence-corrected chi connectivity index (χ3v) is 2.23. The highest BCUT2D eigenvalue weighted by Gasteiger charge is 2.21. The number of nitrogens with zero attached hydrogens (tertiary/aromatic N) is 1. The molecule has 0 aromatic rings. The van der Waals surface area contributed by atoms with Crippen LogP contribution < -0.4 is 0 Å². The van der Waals surface area contributed by atoms with E-state index in [4.69, 9.17) is 0 Å². The van der Waals surface area contributed by atoms with Gasteiger partial charge < -0.3 is 0 Å². The van der Waals surface area contributed by atoms with Gasteiger partial charge in [0, 0.05) is 12.3 Å². The zero-order valence-electron chi connectivity index (χ0n) is 7.28. The van der Waals surface area contributed by atoms with Crippen LogP contribution in [-0.4, -0.2) is 12.3 Å². The third kappa shape index (κ3) is 1.83. The lowest BCUT2D eigenvalue weighted by molar-refractivity contribution is 0.342. The first-order chi connectivity index (χ1) is 4.64. The summed E-state index contributed by atoms with van der Waals surface area (Å²) in [4.78, 5) is 4.52. The van der Waals surface area contributed by atoms with E-state index in [1.54, 1.807) is 0 Å². The molecule has 0 aromatic carbocycles. The average Bonchev–Trinajstić information content (AvgIpc) is 1.88. The first-order valence-electron chi connectivity index (χ1n) is 4.16. The molecule has 1 rings (SSSR count). The summed E-state index contributed by atoms with van der Waals surface area (Å²) < 4.78 is 0. The zero-order chi connectivity index (χ0) is 7.61. The van der Waals surface area contributed by atoms with Crippen molar-refractivity contribution in [1.29, 1.82) is 0 Å². The highest BCUT2D eigenvalue weighted by Crippen LogP contribution is 2.27.